The Hall–Kier alpha value is -1.76. The van der Waals surface area contributed by atoms with Crippen LogP contribution in [0.3, 0.4) is 0 Å². The van der Waals surface area contributed by atoms with E-state index in [1.807, 2.05) is 0 Å². The van der Waals surface area contributed by atoms with Gasteiger partial charge in [-0.2, -0.15) is 0 Å². The van der Waals surface area contributed by atoms with Gasteiger partial charge < -0.3 is 5.32 Å². The summed E-state index contributed by atoms with van der Waals surface area (Å²) < 4.78 is 0. The first-order valence-electron chi connectivity index (χ1n) is 6.15. The Labute approximate surface area is 102 Å². The average Bonchev–Trinajstić information content (AvgIpc) is 2.74. The topological polar surface area (TPSA) is 12.0 Å². The summed E-state index contributed by atoms with van der Waals surface area (Å²) >= 11 is 0. The van der Waals surface area contributed by atoms with E-state index in [1.165, 1.54) is 27.9 Å². The van der Waals surface area contributed by atoms with E-state index >= 15 is 0 Å². The summed E-state index contributed by atoms with van der Waals surface area (Å²) in [5.41, 5.74) is 6.89. The Morgan fingerprint density at radius 3 is 2.65 bits per heavy atom. The number of nitrogens with one attached hydrogen (secondary N) is 1. The summed E-state index contributed by atoms with van der Waals surface area (Å²) in [5, 5.41) is 3.62. The molecule has 3 rings (SSSR count). The molecule has 0 bridgehead atoms. The lowest BCUT2D eigenvalue weighted by Gasteiger charge is -2.12. The number of benzene rings is 2. The molecule has 1 atom stereocenters. The van der Waals surface area contributed by atoms with Crippen molar-refractivity contribution in [3.8, 4) is 0 Å². The molecule has 0 spiro atoms. The first-order valence-corrected chi connectivity index (χ1v) is 6.15. The van der Waals surface area contributed by atoms with Crippen LogP contribution in [0.15, 0.2) is 42.5 Å². The fraction of sp³-hybridized carbons (Fsp3) is 0.250. The molecule has 0 fully saturated rings. The second-order valence-electron chi connectivity index (χ2n) is 4.92. The van der Waals surface area contributed by atoms with Crippen LogP contribution in [0.5, 0.6) is 0 Å². The van der Waals surface area contributed by atoms with Gasteiger partial charge in [-0.1, -0.05) is 42.0 Å². The van der Waals surface area contributed by atoms with Crippen LogP contribution < -0.4 is 5.32 Å². The fourth-order valence-electron chi connectivity index (χ4n) is 2.64. The Kier molecular flexibility index (Phi) is 2.40. The SMILES string of the molecule is Cc1cccc(C2Cc3c(C)cccc3N2)c1. The Balaban J connectivity index is 1.94. The van der Waals surface area contributed by atoms with Gasteiger partial charge in [0.2, 0.25) is 0 Å². The van der Waals surface area contributed by atoms with Crippen LogP contribution in [0.1, 0.15) is 28.3 Å². The first-order chi connectivity index (χ1) is 8.24. The number of aryl methyl sites for hydroxylation is 2. The highest BCUT2D eigenvalue weighted by Crippen LogP contribution is 2.35. The maximum absolute atomic E-state index is 3.62. The minimum Gasteiger partial charge on any atom is -0.378 e. The second kappa shape index (κ2) is 3.92. The lowest BCUT2D eigenvalue weighted by Crippen LogP contribution is -2.05. The van der Waals surface area contributed by atoms with E-state index in [0.717, 1.165) is 6.42 Å². The molecule has 0 aromatic heterocycles. The van der Waals surface area contributed by atoms with E-state index in [1.54, 1.807) is 0 Å². The van der Waals surface area contributed by atoms with Gasteiger partial charge in [-0.25, -0.2) is 0 Å². The largest absolute Gasteiger partial charge is 0.378 e. The van der Waals surface area contributed by atoms with Crippen molar-refractivity contribution in [3.63, 3.8) is 0 Å². The molecule has 17 heavy (non-hydrogen) atoms. The van der Waals surface area contributed by atoms with Crippen molar-refractivity contribution in [2.75, 3.05) is 5.32 Å². The maximum atomic E-state index is 3.62. The molecule has 0 radical (unpaired) electrons. The zero-order chi connectivity index (χ0) is 11.8. The predicted octanol–water partition coefficient (Wildman–Crippen LogP) is 4.01. The zero-order valence-electron chi connectivity index (χ0n) is 10.3. The van der Waals surface area contributed by atoms with Gasteiger partial charge in [0.25, 0.3) is 0 Å². The monoisotopic (exact) mass is 223 g/mol. The molecule has 0 saturated carbocycles. The minimum atomic E-state index is 0.436. The molecule has 0 saturated heterocycles. The lowest BCUT2D eigenvalue weighted by atomic mass is 9.99. The number of anilines is 1. The first kappa shape index (κ1) is 10.4. The molecule has 1 nitrogen and oxygen atoms in total. The van der Waals surface area contributed by atoms with Crippen LogP contribution in [-0.4, -0.2) is 0 Å². The Morgan fingerprint density at radius 1 is 1.06 bits per heavy atom. The normalized spacial score (nSPS) is 17.6. The third kappa shape index (κ3) is 1.82. The van der Waals surface area contributed by atoms with Crippen LogP contribution in [-0.2, 0) is 6.42 Å². The number of fused-ring (bicyclic) bond motifs is 1. The summed E-state index contributed by atoms with van der Waals surface area (Å²) in [5.74, 6) is 0. The van der Waals surface area contributed by atoms with Crippen LogP contribution in [0.2, 0.25) is 0 Å². The molecular weight excluding hydrogens is 206 g/mol. The summed E-state index contributed by atoms with van der Waals surface area (Å²) in [6, 6.07) is 15.7. The van der Waals surface area contributed by atoms with Crippen molar-refractivity contribution < 1.29 is 0 Å². The molecule has 1 heteroatoms. The van der Waals surface area contributed by atoms with Gasteiger partial charge in [-0.05, 0) is 43.0 Å². The second-order valence-corrected chi connectivity index (χ2v) is 4.92. The number of hydrogen-bond acceptors (Lipinski definition) is 1. The predicted molar refractivity (Wildman–Crippen MR) is 72.4 cm³/mol. The Bertz CT molecular complexity index is 557. The highest BCUT2D eigenvalue weighted by atomic mass is 14.9. The molecule has 1 N–H and O–H groups in total. The fourth-order valence-corrected chi connectivity index (χ4v) is 2.64. The molecule has 1 aliphatic heterocycles. The molecule has 2 aromatic rings. The smallest absolute Gasteiger partial charge is 0.0555 e. The van der Waals surface area contributed by atoms with Crippen LogP contribution in [0.25, 0.3) is 0 Å². The molecule has 2 aromatic carbocycles. The number of hydrogen-bond donors (Lipinski definition) is 1. The van der Waals surface area contributed by atoms with Crippen molar-refractivity contribution in [3.05, 3.63) is 64.7 Å². The highest BCUT2D eigenvalue weighted by molar-refractivity contribution is 5.60. The van der Waals surface area contributed by atoms with Crippen molar-refractivity contribution >= 4 is 5.69 Å². The quantitative estimate of drug-likeness (QED) is 0.770. The zero-order valence-corrected chi connectivity index (χ0v) is 10.3. The number of rotatable bonds is 1. The van der Waals surface area contributed by atoms with Crippen LogP contribution in [0, 0.1) is 13.8 Å². The average molecular weight is 223 g/mol. The molecule has 0 amide bonds. The van der Waals surface area contributed by atoms with Crippen molar-refractivity contribution in [2.24, 2.45) is 0 Å². The van der Waals surface area contributed by atoms with Gasteiger partial charge in [0, 0.05) is 5.69 Å². The third-order valence-electron chi connectivity index (χ3n) is 3.59. The molecule has 1 unspecified atom stereocenters. The standard InChI is InChI=1S/C16H17N/c1-11-5-3-7-13(9-11)16-10-14-12(2)6-4-8-15(14)17-16/h3-9,16-17H,10H2,1-2H3. The lowest BCUT2D eigenvalue weighted by molar-refractivity contribution is 0.820. The van der Waals surface area contributed by atoms with Crippen molar-refractivity contribution in [1.29, 1.82) is 0 Å². The van der Waals surface area contributed by atoms with Crippen molar-refractivity contribution in [1.82, 2.24) is 0 Å². The molecular formula is C16H17N. The summed E-state index contributed by atoms with van der Waals surface area (Å²) in [4.78, 5) is 0. The van der Waals surface area contributed by atoms with E-state index in [0.29, 0.717) is 6.04 Å². The Morgan fingerprint density at radius 2 is 1.88 bits per heavy atom. The van der Waals surface area contributed by atoms with Gasteiger partial charge in [-0.15, -0.1) is 0 Å². The van der Waals surface area contributed by atoms with Gasteiger partial charge in [0.05, 0.1) is 6.04 Å². The maximum Gasteiger partial charge on any atom is 0.0555 e. The summed E-state index contributed by atoms with van der Waals surface area (Å²) in [7, 11) is 0. The van der Waals surface area contributed by atoms with E-state index in [9.17, 15) is 0 Å². The van der Waals surface area contributed by atoms with E-state index in [4.69, 9.17) is 0 Å². The molecule has 1 heterocycles. The van der Waals surface area contributed by atoms with E-state index < -0.39 is 0 Å². The van der Waals surface area contributed by atoms with Gasteiger partial charge in [0.15, 0.2) is 0 Å². The van der Waals surface area contributed by atoms with Crippen molar-refractivity contribution in [2.45, 2.75) is 26.3 Å². The minimum absolute atomic E-state index is 0.436. The van der Waals surface area contributed by atoms with Gasteiger partial charge in [0.1, 0.15) is 0 Å². The van der Waals surface area contributed by atoms with Crippen LogP contribution in [0.4, 0.5) is 5.69 Å². The molecule has 86 valence electrons. The van der Waals surface area contributed by atoms with E-state index in [2.05, 4.69) is 61.6 Å². The molecule has 0 aliphatic carbocycles. The van der Waals surface area contributed by atoms with Crippen LogP contribution >= 0.6 is 0 Å². The highest BCUT2D eigenvalue weighted by Gasteiger charge is 2.22. The third-order valence-corrected chi connectivity index (χ3v) is 3.59. The summed E-state index contributed by atoms with van der Waals surface area (Å²) in [6.45, 7) is 4.34. The van der Waals surface area contributed by atoms with Gasteiger partial charge in [-0.3, -0.25) is 0 Å². The van der Waals surface area contributed by atoms with E-state index in [-0.39, 0.29) is 0 Å². The molecule has 1 aliphatic rings. The van der Waals surface area contributed by atoms with Gasteiger partial charge >= 0.3 is 0 Å². The summed E-state index contributed by atoms with van der Waals surface area (Å²) in [6.07, 6.45) is 1.10.